The zero-order valence-corrected chi connectivity index (χ0v) is 7.35. The van der Waals surface area contributed by atoms with Gasteiger partial charge < -0.3 is 11.1 Å². The van der Waals surface area contributed by atoms with Crippen LogP contribution in [0.25, 0.3) is 0 Å². The van der Waals surface area contributed by atoms with E-state index in [-0.39, 0.29) is 6.17 Å². The molecule has 1 aliphatic rings. The lowest BCUT2D eigenvalue weighted by atomic mass is 10.0. The Morgan fingerprint density at radius 3 is 2.30 bits per heavy atom. The second kappa shape index (κ2) is 5.69. The number of hydrogen-bond donors (Lipinski definition) is 2. The average Bonchev–Trinajstić information content (AvgIpc) is 2.39. The molecule has 0 bridgehead atoms. The van der Waals surface area contributed by atoms with E-state index in [2.05, 4.69) is 12.2 Å². The molecular weight excluding hydrogens is 124 g/mol. The Bertz CT molecular complexity index is 73.7. The summed E-state index contributed by atoms with van der Waals surface area (Å²) in [4.78, 5) is 0. The molecule has 0 amide bonds. The Morgan fingerprint density at radius 2 is 2.10 bits per heavy atom. The summed E-state index contributed by atoms with van der Waals surface area (Å²) in [6, 6.07) is 0. The van der Waals surface area contributed by atoms with Gasteiger partial charge in [-0.05, 0) is 18.9 Å². The number of nitrogens with two attached hydrogens (primary N) is 1. The van der Waals surface area contributed by atoms with E-state index >= 15 is 0 Å². The summed E-state index contributed by atoms with van der Waals surface area (Å²) in [5, 5.41) is 3.20. The zero-order valence-electron chi connectivity index (χ0n) is 7.35. The molecule has 2 atom stereocenters. The molecule has 62 valence electrons. The average molecular weight is 144 g/mol. The molecule has 1 aliphatic heterocycles. The minimum atomic E-state index is 0.278. The lowest BCUT2D eigenvalue weighted by molar-refractivity contribution is 0.447. The van der Waals surface area contributed by atoms with Crippen molar-refractivity contribution in [3.8, 4) is 0 Å². The smallest absolute Gasteiger partial charge is 0.0575 e. The maximum absolute atomic E-state index is 5.68. The maximum atomic E-state index is 5.68. The van der Waals surface area contributed by atoms with Crippen LogP contribution in [0.1, 0.15) is 33.6 Å². The molecule has 2 heteroatoms. The highest BCUT2D eigenvalue weighted by Crippen LogP contribution is 2.14. The fourth-order valence-corrected chi connectivity index (χ4v) is 1.24. The third-order valence-corrected chi connectivity index (χ3v) is 1.93. The Labute approximate surface area is 64.2 Å². The van der Waals surface area contributed by atoms with Crippen molar-refractivity contribution < 1.29 is 0 Å². The van der Waals surface area contributed by atoms with Gasteiger partial charge in [-0.15, -0.1) is 0 Å². The molecule has 0 aromatic rings. The normalized spacial score (nSPS) is 31.2. The summed E-state index contributed by atoms with van der Waals surface area (Å²) in [7, 11) is 0. The first-order chi connectivity index (χ1) is 4.84. The first-order valence-corrected chi connectivity index (χ1v) is 4.33. The monoisotopic (exact) mass is 144 g/mol. The van der Waals surface area contributed by atoms with Crippen LogP contribution in [-0.4, -0.2) is 12.7 Å². The summed E-state index contributed by atoms with van der Waals surface area (Å²) in [5.74, 6) is 0.731. The zero-order chi connectivity index (χ0) is 7.98. The van der Waals surface area contributed by atoms with E-state index in [0.717, 1.165) is 12.5 Å². The van der Waals surface area contributed by atoms with Gasteiger partial charge in [-0.3, -0.25) is 0 Å². The SMILES string of the molecule is CC.CCC1CCNC1N. The van der Waals surface area contributed by atoms with Crippen molar-refractivity contribution in [2.75, 3.05) is 6.54 Å². The van der Waals surface area contributed by atoms with Gasteiger partial charge in [0, 0.05) is 0 Å². The lowest BCUT2D eigenvalue weighted by Gasteiger charge is -2.10. The molecule has 3 N–H and O–H groups in total. The van der Waals surface area contributed by atoms with E-state index < -0.39 is 0 Å². The quantitative estimate of drug-likeness (QED) is 0.582. The molecule has 1 heterocycles. The number of hydrogen-bond acceptors (Lipinski definition) is 2. The summed E-state index contributed by atoms with van der Waals surface area (Å²) >= 11 is 0. The highest BCUT2D eigenvalue weighted by molar-refractivity contribution is 4.77. The van der Waals surface area contributed by atoms with Gasteiger partial charge in [-0.1, -0.05) is 27.2 Å². The summed E-state index contributed by atoms with van der Waals surface area (Å²) in [5.41, 5.74) is 5.68. The van der Waals surface area contributed by atoms with Gasteiger partial charge in [0.1, 0.15) is 0 Å². The second-order valence-corrected chi connectivity index (χ2v) is 2.44. The second-order valence-electron chi connectivity index (χ2n) is 2.44. The molecular formula is C8H20N2. The van der Waals surface area contributed by atoms with E-state index in [0.29, 0.717) is 0 Å². The highest BCUT2D eigenvalue weighted by Gasteiger charge is 2.20. The van der Waals surface area contributed by atoms with Crippen molar-refractivity contribution in [3.63, 3.8) is 0 Å². The molecule has 0 aromatic carbocycles. The minimum Gasteiger partial charge on any atom is -0.316 e. The van der Waals surface area contributed by atoms with Crippen molar-refractivity contribution in [2.45, 2.75) is 39.8 Å². The van der Waals surface area contributed by atoms with E-state index in [4.69, 9.17) is 5.73 Å². The van der Waals surface area contributed by atoms with Gasteiger partial charge in [0.2, 0.25) is 0 Å². The molecule has 0 aromatic heterocycles. The lowest BCUT2D eigenvalue weighted by Crippen LogP contribution is -2.35. The summed E-state index contributed by atoms with van der Waals surface area (Å²) in [6.07, 6.45) is 2.76. The van der Waals surface area contributed by atoms with Crippen LogP contribution in [0.3, 0.4) is 0 Å². The Kier molecular flexibility index (Phi) is 5.64. The van der Waals surface area contributed by atoms with Crippen LogP contribution in [-0.2, 0) is 0 Å². The van der Waals surface area contributed by atoms with Gasteiger partial charge in [0.25, 0.3) is 0 Å². The Balaban J connectivity index is 0.000000371. The molecule has 0 aliphatic carbocycles. The fourth-order valence-electron chi connectivity index (χ4n) is 1.24. The first-order valence-electron chi connectivity index (χ1n) is 4.33. The molecule has 1 rings (SSSR count). The maximum Gasteiger partial charge on any atom is 0.0575 e. The largest absolute Gasteiger partial charge is 0.316 e. The van der Waals surface area contributed by atoms with E-state index in [9.17, 15) is 0 Å². The van der Waals surface area contributed by atoms with Crippen molar-refractivity contribution in [2.24, 2.45) is 11.7 Å². The molecule has 1 saturated heterocycles. The third kappa shape index (κ3) is 2.67. The number of nitrogens with one attached hydrogen (secondary N) is 1. The van der Waals surface area contributed by atoms with Crippen molar-refractivity contribution in [1.29, 1.82) is 0 Å². The molecule has 1 fully saturated rings. The molecule has 0 spiro atoms. The highest BCUT2D eigenvalue weighted by atomic mass is 15.1. The van der Waals surface area contributed by atoms with Crippen molar-refractivity contribution >= 4 is 0 Å². The molecule has 0 saturated carbocycles. The standard InChI is InChI=1S/C6H14N2.C2H6/c1-2-5-3-4-8-6(5)7;1-2/h5-6,8H,2-4,7H2,1H3;1-2H3. The Hall–Kier alpha value is -0.0800. The van der Waals surface area contributed by atoms with Crippen LogP contribution in [0.4, 0.5) is 0 Å². The molecule has 2 unspecified atom stereocenters. The van der Waals surface area contributed by atoms with Crippen molar-refractivity contribution in [3.05, 3.63) is 0 Å². The van der Waals surface area contributed by atoms with Crippen LogP contribution in [0.2, 0.25) is 0 Å². The molecule has 10 heavy (non-hydrogen) atoms. The predicted octanol–water partition coefficient (Wildman–Crippen LogP) is 1.32. The fraction of sp³-hybridized carbons (Fsp3) is 1.00. The van der Waals surface area contributed by atoms with Crippen LogP contribution in [0.5, 0.6) is 0 Å². The molecule has 0 radical (unpaired) electrons. The molecule has 2 nitrogen and oxygen atoms in total. The van der Waals surface area contributed by atoms with E-state index in [1.165, 1.54) is 12.8 Å². The summed E-state index contributed by atoms with van der Waals surface area (Å²) in [6.45, 7) is 7.30. The summed E-state index contributed by atoms with van der Waals surface area (Å²) < 4.78 is 0. The van der Waals surface area contributed by atoms with E-state index in [1.54, 1.807) is 0 Å². The van der Waals surface area contributed by atoms with Gasteiger partial charge >= 0.3 is 0 Å². The Morgan fingerprint density at radius 1 is 1.50 bits per heavy atom. The minimum absolute atomic E-state index is 0.278. The van der Waals surface area contributed by atoms with Crippen LogP contribution in [0, 0.1) is 5.92 Å². The third-order valence-electron chi connectivity index (χ3n) is 1.93. The van der Waals surface area contributed by atoms with Gasteiger partial charge in [-0.2, -0.15) is 0 Å². The van der Waals surface area contributed by atoms with Crippen molar-refractivity contribution in [1.82, 2.24) is 5.32 Å². The van der Waals surface area contributed by atoms with Gasteiger partial charge in [-0.25, -0.2) is 0 Å². The van der Waals surface area contributed by atoms with Crippen LogP contribution < -0.4 is 11.1 Å². The first kappa shape index (κ1) is 9.92. The topological polar surface area (TPSA) is 38.0 Å². The number of rotatable bonds is 1. The van der Waals surface area contributed by atoms with Gasteiger partial charge in [0.05, 0.1) is 6.17 Å². The van der Waals surface area contributed by atoms with Crippen LogP contribution in [0.15, 0.2) is 0 Å². The predicted molar refractivity (Wildman–Crippen MR) is 45.7 cm³/mol. The van der Waals surface area contributed by atoms with Crippen LogP contribution >= 0.6 is 0 Å². The van der Waals surface area contributed by atoms with E-state index in [1.807, 2.05) is 13.8 Å². The van der Waals surface area contributed by atoms with Gasteiger partial charge in [0.15, 0.2) is 0 Å².